The highest BCUT2D eigenvalue weighted by Crippen LogP contribution is 2.46. The second kappa shape index (κ2) is 6.94. The lowest BCUT2D eigenvalue weighted by Gasteiger charge is -2.43. The van der Waals surface area contributed by atoms with Crippen LogP contribution in [0.4, 0.5) is 9.18 Å². The predicted molar refractivity (Wildman–Crippen MR) is 98.0 cm³/mol. The fourth-order valence-electron chi connectivity index (χ4n) is 4.65. The summed E-state index contributed by atoms with van der Waals surface area (Å²) >= 11 is 0. The number of imide groups is 1. The van der Waals surface area contributed by atoms with E-state index in [1.165, 1.54) is 12.1 Å². The van der Waals surface area contributed by atoms with Gasteiger partial charge in [0.05, 0.1) is 0 Å². The molecule has 0 aromatic heterocycles. The number of benzene rings is 1. The molecule has 1 spiro atoms. The van der Waals surface area contributed by atoms with Gasteiger partial charge >= 0.3 is 6.03 Å². The predicted octanol–water partition coefficient (Wildman–Crippen LogP) is 2.58. The molecule has 1 aliphatic carbocycles. The number of nitrogens with one attached hydrogen (secondary N) is 2. The van der Waals surface area contributed by atoms with Crippen LogP contribution in [0.3, 0.4) is 0 Å². The molecule has 2 aliphatic rings. The molecule has 4 amide bonds. The smallest absolute Gasteiger partial charge is 0.325 e. The number of carbonyl (C=O) groups excluding carboxylic acids is 3. The van der Waals surface area contributed by atoms with Crippen molar-refractivity contribution < 1.29 is 18.8 Å². The highest BCUT2D eigenvalue weighted by atomic mass is 19.1. The van der Waals surface area contributed by atoms with Gasteiger partial charge < -0.3 is 10.6 Å². The van der Waals surface area contributed by atoms with Gasteiger partial charge in [-0.3, -0.25) is 14.5 Å². The highest BCUT2D eigenvalue weighted by Gasteiger charge is 2.56. The van der Waals surface area contributed by atoms with Gasteiger partial charge in [0.25, 0.3) is 5.91 Å². The first-order valence-electron chi connectivity index (χ1n) is 9.25. The van der Waals surface area contributed by atoms with E-state index < -0.39 is 17.5 Å². The molecule has 27 heavy (non-hydrogen) atoms. The van der Waals surface area contributed by atoms with Gasteiger partial charge in [-0.25, -0.2) is 9.18 Å². The molecule has 0 bridgehead atoms. The number of carbonyl (C=O) groups is 3. The Bertz CT molecular complexity index is 762. The van der Waals surface area contributed by atoms with Crippen molar-refractivity contribution in [3.05, 3.63) is 35.6 Å². The minimum atomic E-state index is -0.907. The van der Waals surface area contributed by atoms with Crippen LogP contribution < -0.4 is 10.6 Å². The van der Waals surface area contributed by atoms with Gasteiger partial charge in [0.15, 0.2) is 0 Å². The molecule has 2 atom stereocenters. The fourth-order valence-corrected chi connectivity index (χ4v) is 4.65. The largest absolute Gasteiger partial charge is 0.350 e. The Kier molecular flexibility index (Phi) is 4.97. The Hall–Kier alpha value is -2.44. The molecule has 1 saturated heterocycles. The number of urea groups is 1. The number of halogens is 1. The third kappa shape index (κ3) is 4.12. The molecule has 1 aliphatic heterocycles. The van der Waals surface area contributed by atoms with Crippen LogP contribution in [0.15, 0.2) is 24.3 Å². The summed E-state index contributed by atoms with van der Waals surface area (Å²) in [6.07, 6.45) is 2.16. The minimum absolute atomic E-state index is 0.0541. The van der Waals surface area contributed by atoms with Crippen molar-refractivity contribution in [1.29, 1.82) is 0 Å². The number of amides is 4. The second-order valence-electron chi connectivity index (χ2n) is 8.66. The lowest BCUT2D eigenvalue weighted by Crippen LogP contribution is -2.54. The third-order valence-corrected chi connectivity index (χ3v) is 5.33. The number of hydrogen-bond acceptors (Lipinski definition) is 3. The maximum Gasteiger partial charge on any atom is 0.325 e. The standard InChI is InChI=1S/C20H26FN3O3/c1-13-8-19(2,3)12-20(9-13)17(26)24(18(27)23-20)11-16(25)22-10-14-4-6-15(21)7-5-14/h4-7,13H,8-12H2,1-3H3,(H,22,25)(H,23,27)/t13-,20+/m1/s1. The SMILES string of the molecule is C[C@@H]1CC(C)(C)C[C@]2(C1)NC(=O)N(CC(=O)NCc1ccc(F)cc1)C2=O. The molecule has 0 radical (unpaired) electrons. The van der Waals surface area contributed by atoms with Crippen molar-refractivity contribution in [1.82, 2.24) is 15.5 Å². The molecule has 1 aromatic rings. The first-order valence-corrected chi connectivity index (χ1v) is 9.25. The first-order chi connectivity index (χ1) is 12.6. The minimum Gasteiger partial charge on any atom is -0.350 e. The zero-order valence-electron chi connectivity index (χ0n) is 16.0. The summed E-state index contributed by atoms with van der Waals surface area (Å²) in [5.41, 5.74) is -0.224. The van der Waals surface area contributed by atoms with Crippen molar-refractivity contribution in [3.8, 4) is 0 Å². The molecule has 2 fully saturated rings. The lowest BCUT2D eigenvalue weighted by molar-refractivity contribution is -0.137. The Morgan fingerprint density at radius 3 is 2.56 bits per heavy atom. The second-order valence-corrected chi connectivity index (χ2v) is 8.66. The molecule has 146 valence electrons. The number of hydrogen-bond donors (Lipinski definition) is 2. The van der Waals surface area contributed by atoms with Gasteiger partial charge in [0.1, 0.15) is 17.9 Å². The summed E-state index contributed by atoms with van der Waals surface area (Å²) in [5, 5.41) is 5.52. The van der Waals surface area contributed by atoms with E-state index in [4.69, 9.17) is 0 Å². The van der Waals surface area contributed by atoms with E-state index in [1.807, 2.05) is 0 Å². The molecule has 2 N–H and O–H groups in total. The van der Waals surface area contributed by atoms with Crippen LogP contribution in [0.1, 0.15) is 45.6 Å². The van der Waals surface area contributed by atoms with E-state index in [9.17, 15) is 18.8 Å². The zero-order valence-corrected chi connectivity index (χ0v) is 16.0. The monoisotopic (exact) mass is 375 g/mol. The van der Waals surface area contributed by atoms with Crippen LogP contribution in [0.5, 0.6) is 0 Å². The van der Waals surface area contributed by atoms with Crippen molar-refractivity contribution in [2.24, 2.45) is 11.3 Å². The number of nitrogens with zero attached hydrogens (tertiary/aromatic N) is 1. The normalized spacial score (nSPS) is 27.0. The Morgan fingerprint density at radius 2 is 1.93 bits per heavy atom. The van der Waals surface area contributed by atoms with Crippen LogP contribution in [-0.2, 0) is 16.1 Å². The average Bonchev–Trinajstić information content (AvgIpc) is 2.76. The molecule has 0 unspecified atom stereocenters. The van der Waals surface area contributed by atoms with Crippen LogP contribution in [-0.4, -0.2) is 34.8 Å². The Balaban J connectivity index is 1.63. The Morgan fingerprint density at radius 1 is 1.26 bits per heavy atom. The van der Waals surface area contributed by atoms with Crippen molar-refractivity contribution in [2.45, 2.75) is 52.1 Å². The van der Waals surface area contributed by atoms with Crippen LogP contribution in [0.2, 0.25) is 0 Å². The molecule has 1 aromatic carbocycles. The summed E-state index contributed by atoms with van der Waals surface area (Å²) in [5.74, 6) is -0.781. The van der Waals surface area contributed by atoms with Gasteiger partial charge in [-0.2, -0.15) is 0 Å². The molecule has 1 saturated carbocycles. The topological polar surface area (TPSA) is 78.5 Å². The summed E-state index contributed by atoms with van der Waals surface area (Å²) < 4.78 is 12.9. The van der Waals surface area contributed by atoms with Crippen molar-refractivity contribution in [3.63, 3.8) is 0 Å². The van der Waals surface area contributed by atoms with E-state index in [-0.39, 0.29) is 30.2 Å². The van der Waals surface area contributed by atoms with Crippen molar-refractivity contribution in [2.75, 3.05) is 6.54 Å². The fraction of sp³-hybridized carbons (Fsp3) is 0.550. The quantitative estimate of drug-likeness (QED) is 0.794. The molecule has 1 heterocycles. The average molecular weight is 375 g/mol. The lowest BCUT2D eigenvalue weighted by atomic mass is 9.64. The van der Waals surface area contributed by atoms with E-state index in [1.54, 1.807) is 12.1 Å². The summed E-state index contributed by atoms with van der Waals surface area (Å²) in [6.45, 7) is 6.17. The van der Waals surface area contributed by atoms with Crippen LogP contribution in [0, 0.1) is 17.2 Å². The van der Waals surface area contributed by atoms with E-state index in [0.717, 1.165) is 16.9 Å². The molecular formula is C20H26FN3O3. The molecule has 6 nitrogen and oxygen atoms in total. The summed E-state index contributed by atoms with van der Waals surface area (Å²) in [7, 11) is 0. The van der Waals surface area contributed by atoms with E-state index in [0.29, 0.717) is 18.8 Å². The number of rotatable bonds is 4. The maximum absolute atomic E-state index is 13.0. The van der Waals surface area contributed by atoms with Gasteiger partial charge in [0, 0.05) is 6.54 Å². The van der Waals surface area contributed by atoms with Gasteiger partial charge in [-0.05, 0) is 48.3 Å². The molecular weight excluding hydrogens is 349 g/mol. The van der Waals surface area contributed by atoms with E-state index in [2.05, 4.69) is 31.4 Å². The Labute approximate surface area is 158 Å². The first kappa shape index (κ1) is 19.3. The van der Waals surface area contributed by atoms with Gasteiger partial charge in [-0.1, -0.05) is 32.9 Å². The van der Waals surface area contributed by atoms with Gasteiger partial charge in [-0.15, -0.1) is 0 Å². The summed E-state index contributed by atoms with van der Waals surface area (Å²) in [4.78, 5) is 38.6. The third-order valence-electron chi connectivity index (χ3n) is 5.33. The van der Waals surface area contributed by atoms with Gasteiger partial charge in [0.2, 0.25) is 5.91 Å². The molecule has 7 heteroatoms. The summed E-state index contributed by atoms with van der Waals surface area (Å²) in [6, 6.07) is 5.26. The van der Waals surface area contributed by atoms with Crippen molar-refractivity contribution >= 4 is 17.8 Å². The maximum atomic E-state index is 13.0. The molecule has 3 rings (SSSR count). The van der Waals surface area contributed by atoms with Crippen LogP contribution >= 0.6 is 0 Å². The highest BCUT2D eigenvalue weighted by molar-refractivity contribution is 6.09. The van der Waals surface area contributed by atoms with Crippen LogP contribution in [0.25, 0.3) is 0 Å². The van der Waals surface area contributed by atoms with E-state index >= 15 is 0 Å². The zero-order chi connectivity index (χ0) is 19.8.